The van der Waals surface area contributed by atoms with Crippen LogP contribution < -0.4 is 5.56 Å². The second-order valence-electron chi connectivity index (χ2n) is 6.07. The molecule has 0 saturated carbocycles. The summed E-state index contributed by atoms with van der Waals surface area (Å²) in [6.07, 6.45) is 0. The van der Waals surface area contributed by atoms with Crippen LogP contribution in [0.15, 0.2) is 53.3 Å². The highest BCUT2D eigenvalue weighted by atomic mass is 19.1. The summed E-state index contributed by atoms with van der Waals surface area (Å²) in [6, 6.07) is 14.2. The van der Waals surface area contributed by atoms with Crippen molar-refractivity contribution >= 4 is 16.4 Å². The van der Waals surface area contributed by atoms with E-state index in [1.807, 2.05) is 36.4 Å². The maximum atomic E-state index is 13.4. The van der Waals surface area contributed by atoms with E-state index in [9.17, 15) is 9.18 Å². The fourth-order valence-electron chi connectivity index (χ4n) is 3.15. The highest BCUT2D eigenvalue weighted by molar-refractivity contribution is 5.87. The Kier molecular flexibility index (Phi) is 3.23. The average molecular weight is 321 g/mol. The second-order valence-corrected chi connectivity index (χ2v) is 6.07. The van der Waals surface area contributed by atoms with Crippen LogP contribution in [0, 0.1) is 19.7 Å². The van der Waals surface area contributed by atoms with Gasteiger partial charge in [-0.05, 0) is 49.7 Å². The van der Waals surface area contributed by atoms with E-state index in [1.54, 1.807) is 12.1 Å². The smallest absolute Gasteiger partial charge is 0.291 e. The molecule has 0 aliphatic heterocycles. The molecule has 4 rings (SSSR count). The maximum absolute atomic E-state index is 13.4. The van der Waals surface area contributed by atoms with Crippen molar-refractivity contribution in [1.82, 2.24) is 14.2 Å². The van der Waals surface area contributed by atoms with E-state index in [0.29, 0.717) is 11.1 Å². The molecule has 0 amide bonds. The van der Waals surface area contributed by atoms with Crippen LogP contribution in [-0.2, 0) is 6.54 Å². The Morgan fingerprint density at radius 3 is 2.67 bits per heavy atom. The zero-order valence-electron chi connectivity index (χ0n) is 13.5. The van der Waals surface area contributed by atoms with Crippen LogP contribution >= 0.6 is 0 Å². The summed E-state index contributed by atoms with van der Waals surface area (Å²) in [7, 11) is 0. The SMILES string of the molecule is Cc1ccc2c(c1)cc1c(=O)n(Cc3cccc(F)c3)nc(C)n12. The molecule has 4 nitrogen and oxygen atoms in total. The van der Waals surface area contributed by atoms with Gasteiger partial charge in [-0.3, -0.25) is 9.20 Å². The predicted molar refractivity (Wildman–Crippen MR) is 91.9 cm³/mol. The van der Waals surface area contributed by atoms with Gasteiger partial charge in [-0.1, -0.05) is 23.8 Å². The number of hydrogen-bond acceptors (Lipinski definition) is 2. The lowest BCUT2D eigenvalue weighted by atomic mass is 10.2. The molecule has 0 unspecified atom stereocenters. The average Bonchev–Trinajstić information content (AvgIpc) is 2.91. The summed E-state index contributed by atoms with van der Waals surface area (Å²) in [5, 5.41) is 5.43. The van der Waals surface area contributed by atoms with Crippen LogP contribution in [0.1, 0.15) is 17.0 Å². The van der Waals surface area contributed by atoms with Crippen LogP contribution in [0.25, 0.3) is 16.4 Å². The van der Waals surface area contributed by atoms with Crippen molar-refractivity contribution in [2.75, 3.05) is 0 Å². The van der Waals surface area contributed by atoms with Gasteiger partial charge in [-0.25, -0.2) is 9.07 Å². The Labute approximate surface area is 137 Å². The lowest BCUT2D eigenvalue weighted by Gasteiger charge is -2.09. The third-order valence-electron chi connectivity index (χ3n) is 4.22. The van der Waals surface area contributed by atoms with Crippen molar-refractivity contribution in [2.24, 2.45) is 0 Å². The molecular weight excluding hydrogens is 305 g/mol. The zero-order valence-corrected chi connectivity index (χ0v) is 13.5. The first kappa shape index (κ1) is 14.6. The fourth-order valence-corrected chi connectivity index (χ4v) is 3.15. The van der Waals surface area contributed by atoms with Gasteiger partial charge >= 0.3 is 0 Å². The van der Waals surface area contributed by atoms with Crippen LogP contribution in [0.2, 0.25) is 0 Å². The zero-order chi connectivity index (χ0) is 16.8. The molecule has 5 heteroatoms. The molecule has 0 bridgehead atoms. The van der Waals surface area contributed by atoms with Crippen molar-refractivity contribution in [3.05, 3.63) is 81.7 Å². The van der Waals surface area contributed by atoms with E-state index >= 15 is 0 Å². The number of nitrogens with zero attached hydrogens (tertiary/aromatic N) is 3. The molecule has 2 aromatic heterocycles. The summed E-state index contributed by atoms with van der Waals surface area (Å²) in [5.74, 6) is 0.405. The number of aromatic nitrogens is 3. The quantitative estimate of drug-likeness (QED) is 0.567. The van der Waals surface area contributed by atoms with Crippen LogP contribution in [0.5, 0.6) is 0 Å². The largest absolute Gasteiger partial charge is 0.291 e. The van der Waals surface area contributed by atoms with Crippen molar-refractivity contribution in [2.45, 2.75) is 20.4 Å². The van der Waals surface area contributed by atoms with E-state index in [0.717, 1.165) is 22.3 Å². The molecule has 120 valence electrons. The van der Waals surface area contributed by atoms with Gasteiger partial charge in [-0.2, -0.15) is 5.10 Å². The molecule has 0 atom stereocenters. The van der Waals surface area contributed by atoms with Gasteiger partial charge in [-0.15, -0.1) is 0 Å². The summed E-state index contributed by atoms with van der Waals surface area (Å²) in [4.78, 5) is 12.8. The standard InChI is InChI=1S/C19H16FN3O/c1-12-6-7-17-15(8-12)10-18-19(24)22(21-13(2)23(17)18)11-14-4-3-5-16(20)9-14/h3-10H,11H2,1-2H3. The molecular formula is C19H16FN3O. The minimum Gasteiger partial charge on any atom is -0.291 e. The molecule has 0 radical (unpaired) electrons. The molecule has 2 heterocycles. The predicted octanol–water partition coefficient (Wildman–Crippen LogP) is 3.45. The van der Waals surface area contributed by atoms with Gasteiger partial charge in [0.25, 0.3) is 5.56 Å². The molecule has 0 spiro atoms. The van der Waals surface area contributed by atoms with Crippen LogP contribution in [0.4, 0.5) is 4.39 Å². The van der Waals surface area contributed by atoms with Crippen molar-refractivity contribution in [3.8, 4) is 0 Å². The summed E-state index contributed by atoms with van der Waals surface area (Å²) in [6.45, 7) is 4.14. The fraction of sp³-hybridized carbons (Fsp3) is 0.158. The molecule has 4 aromatic rings. The van der Waals surface area contributed by atoms with E-state index in [4.69, 9.17) is 0 Å². The summed E-state index contributed by atoms with van der Waals surface area (Å²) in [5.41, 5.74) is 3.22. The van der Waals surface area contributed by atoms with Gasteiger partial charge in [0, 0.05) is 5.39 Å². The first-order valence-corrected chi connectivity index (χ1v) is 7.77. The van der Waals surface area contributed by atoms with Crippen molar-refractivity contribution < 1.29 is 4.39 Å². The molecule has 0 saturated heterocycles. The Balaban J connectivity index is 1.94. The molecule has 2 aromatic carbocycles. The Bertz CT molecular complexity index is 1140. The van der Waals surface area contributed by atoms with Gasteiger partial charge in [0.2, 0.25) is 0 Å². The highest BCUT2D eigenvalue weighted by Crippen LogP contribution is 2.20. The normalized spacial score (nSPS) is 11.5. The van der Waals surface area contributed by atoms with E-state index in [1.165, 1.54) is 16.8 Å². The third-order valence-corrected chi connectivity index (χ3v) is 4.22. The number of fused-ring (bicyclic) bond motifs is 3. The molecule has 24 heavy (non-hydrogen) atoms. The van der Waals surface area contributed by atoms with Gasteiger partial charge in [0.1, 0.15) is 17.2 Å². The number of benzene rings is 2. The van der Waals surface area contributed by atoms with Crippen LogP contribution in [-0.4, -0.2) is 14.2 Å². The van der Waals surface area contributed by atoms with E-state index < -0.39 is 0 Å². The maximum Gasteiger partial charge on any atom is 0.291 e. The topological polar surface area (TPSA) is 39.3 Å². The number of hydrogen-bond donors (Lipinski definition) is 0. The van der Waals surface area contributed by atoms with E-state index in [-0.39, 0.29) is 17.9 Å². The monoisotopic (exact) mass is 321 g/mol. The lowest BCUT2D eigenvalue weighted by molar-refractivity contribution is 0.600. The number of halogens is 1. The third kappa shape index (κ3) is 2.29. The molecule has 0 aliphatic carbocycles. The first-order chi connectivity index (χ1) is 11.5. The van der Waals surface area contributed by atoms with E-state index in [2.05, 4.69) is 11.2 Å². The molecule has 0 N–H and O–H groups in total. The lowest BCUT2D eigenvalue weighted by Crippen LogP contribution is -2.26. The van der Waals surface area contributed by atoms with Gasteiger partial charge < -0.3 is 0 Å². The number of aryl methyl sites for hydroxylation is 2. The van der Waals surface area contributed by atoms with Crippen molar-refractivity contribution in [3.63, 3.8) is 0 Å². The van der Waals surface area contributed by atoms with Gasteiger partial charge in [0.15, 0.2) is 0 Å². The molecule has 0 fully saturated rings. The highest BCUT2D eigenvalue weighted by Gasteiger charge is 2.12. The van der Waals surface area contributed by atoms with Gasteiger partial charge in [0.05, 0.1) is 12.1 Å². The Hall–Kier alpha value is -2.95. The Morgan fingerprint density at radius 2 is 1.88 bits per heavy atom. The van der Waals surface area contributed by atoms with Crippen LogP contribution in [0.3, 0.4) is 0 Å². The minimum atomic E-state index is -0.317. The minimum absolute atomic E-state index is 0.182. The molecule has 0 aliphatic rings. The second kappa shape index (κ2) is 5.30. The first-order valence-electron chi connectivity index (χ1n) is 7.77. The summed E-state index contributed by atoms with van der Waals surface area (Å²) < 4.78 is 16.6. The number of rotatable bonds is 2. The van der Waals surface area contributed by atoms with Crippen molar-refractivity contribution in [1.29, 1.82) is 0 Å². The Morgan fingerprint density at radius 1 is 1.04 bits per heavy atom. The summed E-state index contributed by atoms with van der Waals surface area (Å²) >= 11 is 0.